The molecule has 1 atom stereocenters. The second-order valence-electron chi connectivity index (χ2n) is 5.88. The fourth-order valence-electron chi connectivity index (χ4n) is 3.31. The molecular weight excluding hydrogens is 184 g/mol. The first-order valence-electron chi connectivity index (χ1n) is 5.86. The normalized spacial score (nSPS) is 34.3. The van der Waals surface area contributed by atoms with Gasteiger partial charge in [-0.25, -0.2) is 0 Å². The first-order chi connectivity index (χ1) is 6.94. The van der Waals surface area contributed by atoms with Crippen molar-refractivity contribution < 1.29 is 4.79 Å². The molecule has 0 aromatic heterocycles. The van der Waals surface area contributed by atoms with E-state index in [0.29, 0.717) is 6.42 Å². The molecule has 0 bridgehead atoms. The van der Waals surface area contributed by atoms with E-state index in [0.717, 1.165) is 6.42 Å². The number of hydrogen-bond donors (Lipinski definition) is 0. The quantitative estimate of drug-likeness (QED) is 0.588. The van der Waals surface area contributed by atoms with Gasteiger partial charge < -0.3 is 0 Å². The highest BCUT2D eigenvalue weighted by Gasteiger charge is 2.42. The lowest BCUT2D eigenvalue weighted by atomic mass is 9.59. The predicted molar refractivity (Wildman–Crippen MR) is 62.6 cm³/mol. The van der Waals surface area contributed by atoms with Gasteiger partial charge >= 0.3 is 0 Å². The Balaban J connectivity index is 2.43. The third-order valence-corrected chi connectivity index (χ3v) is 4.02. The third kappa shape index (κ3) is 1.80. The maximum absolute atomic E-state index is 11.6. The molecule has 0 amide bonds. The number of allylic oxidation sites excluding steroid dienone is 4. The molecular formula is C14H20O. The minimum absolute atomic E-state index is 0.113. The van der Waals surface area contributed by atoms with Gasteiger partial charge in [0.05, 0.1) is 0 Å². The van der Waals surface area contributed by atoms with Crippen LogP contribution in [-0.4, -0.2) is 5.78 Å². The Labute approximate surface area is 92.3 Å². The van der Waals surface area contributed by atoms with Crippen molar-refractivity contribution in [2.45, 2.75) is 46.5 Å². The van der Waals surface area contributed by atoms with E-state index in [1.54, 1.807) is 6.08 Å². The van der Waals surface area contributed by atoms with E-state index in [1.165, 1.54) is 18.4 Å². The molecule has 1 unspecified atom stereocenters. The second-order valence-corrected chi connectivity index (χ2v) is 5.88. The van der Waals surface area contributed by atoms with Gasteiger partial charge in [0.25, 0.3) is 0 Å². The molecule has 2 aliphatic carbocycles. The number of carbonyl (C=O) groups is 1. The second kappa shape index (κ2) is 3.33. The number of ketones is 1. The summed E-state index contributed by atoms with van der Waals surface area (Å²) in [6.45, 7) is 6.87. The minimum atomic E-state index is 0.113. The molecule has 1 nitrogen and oxygen atoms in total. The molecule has 0 spiro atoms. The fourth-order valence-corrected chi connectivity index (χ4v) is 3.31. The average Bonchev–Trinajstić information content (AvgIpc) is 2.23. The number of fused-ring (bicyclic) bond motifs is 1. The van der Waals surface area contributed by atoms with E-state index in [1.807, 2.05) is 6.08 Å². The van der Waals surface area contributed by atoms with Crippen molar-refractivity contribution in [1.29, 1.82) is 0 Å². The highest BCUT2D eigenvalue weighted by atomic mass is 16.1. The van der Waals surface area contributed by atoms with Crippen molar-refractivity contribution in [3.05, 3.63) is 23.8 Å². The van der Waals surface area contributed by atoms with Crippen molar-refractivity contribution in [1.82, 2.24) is 0 Å². The molecule has 1 saturated carbocycles. The molecule has 0 aliphatic heterocycles. The Morgan fingerprint density at radius 3 is 2.67 bits per heavy atom. The molecule has 2 aliphatic rings. The van der Waals surface area contributed by atoms with Crippen LogP contribution in [0, 0.1) is 10.8 Å². The van der Waals surface area contributed by atoms with E-state index in [4.69, 9.17) is 0 Å². The molecule has 0 radical (unpaired) electrons. The Morgan fingerprint density at radius 1 is 1.20 bits per heavy atom. The minimum Gasteiger partial charge on any atom is -0.295 e. The van der Waals surface area contributed by atoms with Gasteiger partial charge in [-0.2, -0.15) is 0 Å². The van der Waals surface area contributed by atoms with Crippen molar-refractivity contribution in [3.8, 4) is 0 Å². The standard InChI is InChI=1S/C14H20O/c1-13(2)8-5-9-14(3)10-11(15)6-4-7-12(13)14/h4,6-7H,5,8-10H2,1-3H3. The van der Waals surface area contributed by atoms with Gasteiger partial charge in [0.15, 0.2) is 5.78 Å². The van der Waals surface area contributed by atoms with Crippen molar-refractivity contribution in [2.24, 2.45) is 10.8 Å². The van der Waals surface area contributed by atoms with E-state index < -0.39 is 0 Å². The summed E-state index contributed by atoms with van der Waals surface area (Å²) in [4.78, 5) is 11.6. The molecule has 0 aromatic carbocycles. The monoisotopic (exact) mass is 204 g/mol. The van der Waals surface area contributed by atoms with Crippen molar-refractivity contribution in [3.63, 3.8) is 0 Å². The summed E-state index contributed by atoms with van der Waals surface area (Å²) < 4.78 is 0. The van der Waals surface area contributed by atoms with Crippen LogP contribution in [0.4, 0.5) is 0 Å². The lowest BCUT2D eigenvalue weighted by Crippen LogP contribution is -2.35. The van der Waals surface area contributed by atoms with Crippen LogP contribution in [0.15, 0.2) is 23.8 Å². The van der Waals surface area contributed by atoms with Crippen LogP contribution in [0.5, 0.6) is 0 Å². The zero-order valence-corrected chi connectivity index (χ0v) is 9.97. The number of rotatable bonds is 0. The first-order valence-corrected chi connectivity index (χ1v) is 5.86. The summed E-state index contributed by atoms with van der Waals surface area (Å²) in [5, 5.41) is 0. The van der Waals surface area contributed by atoms with Gasteiger partial charge in [-0.15, -0.1) is 0 Å². The number of carbonyl (C=O) groups excluding carboxylic acids is 1. The maximum atomic E-state index is 11.6. The van der Waals surface area contributed by atoms with E-state index in [9.17, 15) is 4.79 Å². The first kappa shape index (κ1) is 10.7. The largest absolute Gasteiger partial charge is 0.295 e. The van der Waals surface area contributed by atoms with Gasteiger partial charge in [-0.1, -0.05) is 44.9 Å². The highest BCUT2D eigenvalue weighted by molar-refractivity contribution is 5.91. The van der Waals surface area contributed by atoms with Crippen LogP contribution in [0.2, 0.25) is 0 Å². The zero-order valence-electron chi connectivity index (χ0n) is 9.97. The Bertz CT molecular complexity index is 346. The Morgan fingerprint density at radius 2 is 1.93 bits per heavy atom. The molecule has 2 rings (SSSR count). The van der Waals surface area contributed by atoms with Crippen LogP contribution in [-0.2, 0) is 4.79 Å². The Hall–Kier alpha value is -0.850. The SMILES string of the molecule is CC1(C)CCCC2(C)CC(=O)C=CC=C12. The van der Waals surface area contributed by atoms with Gasteiger partial charge in [0, 0.05) is 6.42 Å². The van der Waals surface area contributed by atoms with E-state index in [-0.39, 0.29) is 16.6 Å². The summed E-state index contributed by atoms with van der Waals surface area (Å²) in [7, 11) is 0. The van der Waals surface area contributed by atoms with Crippen LogP contribution in [0.25, 0.3) is 0 Å². The van der Waals surface area contributed by atoms with Gasteiger partial charge in [-0.3, -0.25) is 4.79 Å². The lowest BCUT2D eigenvalue weighted by molar-refractivity contribution is -0.116. The lowest BCUT2D eigenvalue weighted by Gasteiger charge is -2.45. The molecule has 15 heavy (non-hydrogen) atoms. The third-order valence-electron chi connectivity index (χ3n) is 4.02. The summed E-state index contributed by atoms with van der Waals surface area (Å²) in [6, 6.07) is 0. The molecule has 1 fully saturated rings. The number of hydrogen-bond acceptors (Lipinski definition) is 1. The average molecular weight is 204 g/mol. The molecule has 1 heteroatoms. The molecule has 0 N–H and O–H groups in total. The Kier molecular flexibility index (Phi) is 2.37. The van der Waals surface area contributed by atoms with Gasteiger partial charge in [-0.05, 0) is 29.7 Å². The fraction of sp³-hybridized carbons (Fsp3) is 0.643. The highest BCUT2D eigenvalue weighted by Crippen LogP contribution is 2.53. The molecule has 82 valence electrons. The summed E-state index contributed by atoms with van der Waals surface area (Å²) in [5.74, 6) is 0.279. The van der Waals surface area contributed by atoms with Crippen LogP contribution < -0.4 is 0 Å². The van der Waals surface area contributed by atoms with E-state index >= 15 is 0 Å². The van der Waals surface area contributed by atoms with Gasteiger partial charge in [0.1, 0.15) is 0 Å². The van der Waals surface area contributed by atoms with Crippen LogP contribution in [0.3, 0.4) is 0 Å². The van der Waals surface area contributed by atoms with Crippen molar-refractivity contribution >= 4 is 5.78 Å². The van der Waals surface area contributed by atoms with Crippen molar-refractivity contribution in [2.75, 3.05) is 0 Å². The van der Waals surface area contributed by atoms with Gasteiger partial charge in [0.2, 0.25) is 0 Å². The zero-order chi connectivity index (χ0) is 11.1. The topological polar surface area (TPSA) is 17.1 Å². The summed E-state index contributed by atoms with van der Waals surface area (Å²) in [6.07, 6.45) is 10.2. The molecule has 0 saturated heterocycles. The summed E-state index contributed by atoms with van der Waals surface area (Å²) >= 11 is 0. The van der Waals surface area contributed by atoms with Crippen LogP contribution in [0.1, 0.15) is 46.5 Å². The predicted octanol–water partition coefficient (Wildman–Crippen LogP) is 3.66. The maximum Gasteiger partial charge on any atom is 0.156 e. The molecule has 0 aromatic rings. The molecule has 0 heterocycles. The van der Waals surface area contributed by atoms with E-state index in [2.05, 4.69) is 26.8 Å². The van der Waals surface area contributed by atoms with Crippen LogP contribution >= 0.6 is 0 Å². The smallest absolute Gasteiger partial charge is 0.156 e. The summed E-state index contributed by atoms with van der Waals surface area (Å²) in [5.41, 5.74) is 1.85.